The number of carbonyl (C=O) groups excluding carboxylic acids is 2. The van der Waals surface area contributed by atoms with Gasteiger partial charge in [-0.1, -0.05) is 6.07 Å². The topological polar surface area (TPSA) is 131 Å². The highest BCUT2D eigenvalue weighted by Crippen LogP contribution is 2.35. The predicted octanol–water partition coefficient (Wildman–Crippen LogP) is 4.32. The van der Waals surface area contributed by atoms with Crippen molar-refractivity contribution >= 4 is 40.8 Å². The molecule has 2 amide bonds. The molecule has 200 valence electrons. The number of carbonyl (C=O) groups is 2. The molecule has 4 aromatic rings. The van der Waals surface area contributed by atoms with Crippen LogP contribution >= 0.6 is 12.4 Å². The second-order valence-electron chi connectivity index (χ2n) is 9.12. The second-order valence-corrected chi connectivity index (χ2v) is 9.12. The van der Waals surface area contributed by atoms with Crippen molar-refractivity contribution in [1.29, 1.82) is 0 Å². The third-order valence-corrected chi connectivity index (χ3v) is 6.06. The number of aryl methyl sites for hydroxylation is 4. The van der Waals surface area contributed by atoms with Crippen molar-refractivity contribution in [2.24, 2.45) is 12.8 Å². The molecular weight excluding hydrogens is 506 g/mol. The Morgan fingerprint density at radius 1 is 1.05 bits per heavy atom. The van der Waals surface area contributed by atoms with Gasteiger partial charge in [-0.2, -0.15) is 0 Å². The van der Waals surface area contributed by atoms with Crippen LogP contribution in [-0.4, -0.2) is 34.5 Å². The number of aromatic amines is 1. The van der Waals surface area contributed by atoms with Crippen LogP contribution in [0.25, 0.3) is 22.0 Å². The summed E-state index contributed by atoms with van der Waals surface area (Å²) in [4.78, 5) is 39.9. The van der Waals surface area contributed by atoms with Crippen molar-refractivity contribution in [2.75, 3.05) is 18.4 Å². The highest BCUT2D eigenvalue weighted by Gasteiger charge is 2.17. The number of rotatable bonds is 7. The Kier molecular flexibility index (Phi) is 8.65. The molecule has 0 aliphatic rings. The van der Waals surface area contributed by atoms with Crippen LogP contribution in [0, 0.1) is 20.8 Å². The number of fused-ring (bicyclic) bond motifs is 1. The fourth-order valence-electron chi connectivity index (χ4n) is 4.42. The van der Waals surface area contributed by atoms with E-state index in [-0.39, 0.29) is 36.3 Å². The number of hydrogen-bond acceptors (Lipinski definition) is 5. The minimum Gasteiger partial charge on any atom is -0.457 e. The molecule has 0 bridgehead atoms. The van der Waals surface area contributed by atoms with Gasteiger partial charge in [0.05, 0.1) is 6.54 Å². The largest absolute Gasteiger partial charge is 0.457 e. The molecule has 0 atom stereocenters. The standard InChI is InChI=1S/C28H31N5O4.ClH/c1-6-30-27(35)23-12-21-22(14-33(5)28(36)25(21)32-23)18-7-15(2)8-20(11-18)37-26-16(3)9-19(10-17(26)4)31-24(34)13-29;/h7-12,14,32H,6,13,29H2,1-5H3,(H,30,35)(H,31,34);1H. The lowest BCUT2D eigenvalue weighted by Crippen LogP contribution is -2.23. The Hall–Kier alpha value is -4.08. The number of hydrogen-bond donors (Lipinski definition) is 4. The Balaban J connectivity index is 0.00000400. The van der Waals surface area contributed by atoms with E-state index in [0.717, 1.165) is 27.8 Å². The maximum Gasteiger partial charge on any atom is 0.274 e. The molecular formula is C28H32ClN5O4. The zero-order chi connectivity index (χ0) is 26.9. The van der Waals surface area contributed by atoms with Crippen molar-refractivity contribution in [1.82, 2.24) is 14.9 Å². The number of amides is 2. The first-order chi connectivity index (χ1) is 17.6. The maximum absolute atomic E-state index is 12.8. The van der Waals surface area contributed by atoms with E-state index in [2.05, 4.69) is 15.6 Å². The van der Waals surface area contributed by atoms with Gasteiger partial charge in [-0.3, -0.25) is 14.4 Å². The van der Waals surface area contributed by atoms with E-state index < -0.39 is 0 Å². The van der Waals surface area contributed by atoms with Crippen molar-refractivity contribution in [3.8, 4) is 22.6 Å². The number of aromatic nitrogens is 2. The first kappa shape index (κ1) is 28.5. The SMILES string of the molecule is CCNC(=O)c1cc2c(-c3cc(C)cc(Oc4c(C)cc(NC(=O)CN)cc4C)c3)cn(C)c(=O)c2[nH]1.Cl. The fourth-order valence-corrected chi connectivity index (χ4v) is 4.42. The number of H-pyrrole nitrogens is 1. The average Bonchev–Trinajstić information content (AvgIpc) is 3.29. The number of nitrogens with two attached hydrogens (primary N) is 1. The number of halogens is 1. The second kappa shape index (κ2) is 11.5. The summed E-state index contributed by atoms with van der Waals surface area (Å²) in [5.41, 5.74) is 10.9. The molecule has 0 radical (unpaired) electrons. The molecule has 0 unspecified atom stereocenters. The highest BCUT2D eigenvalue weighted by atomic mass is 35.5. The van der Waals surface area contributed by atoms with Gasteiger partial charge in [0, 0.05) is 36.4 Å². The number of nitrogens with zero attached hydrogens (tertiary/aromatic N) is 1. The van der Waals surface area contributed by atoms with Gasteiger partial charge >= 0.3 is 0 Å². The van der Waals surface area contributed by atoms with Crippen LogP contribution in [0.2, 0.25) is 0 Å². The molecule has 5 N–H and O–H groups in total. The molecule has 0 spiro atoms. The van der Waals surface area contributed by atoms with E-state index in [1.54, 1.807) is 19.3 Å². The molecule has 9 nitrogen and oxygen atoms in total. The summed E-state index contributed by atoms with van der Waals surface area (Å²) in [5, 5.41) is 6.19. The van der Waals surface area contributed by atoms with Crippen molar-refractivity contribution < 1.29 is 14.3 Å². The quantitative estimate of drug-likeness (QED) is 0.279. The van der Waals surface area contributed by atoms with Gasteiger partial charge in [-0.05, 0) is 80.3 Å². The zero-order valence-corrected chi connectivity index (χ0v) is 22.8. The minimum atomic E-state index is -0.267. The first-order valence-electron chi connectivity index (χ1n) is 12.0. The van der Waals surface area contributed by atoms with E-state index in [1.165, 1.54) is 4.57 Å². The van der Waals surface area contributed by atoms with Crippen LogP contribution in [0.5, 0.6) is 11.5 Å². The summed E-state index contributed by atoms with van der Waals surface area (Å²) in [6.45, 7) is 8.03. The third-order valence-electron chi connectivity index (χ3n) is 6.06. The molecule has 38 heavy (non-hydrogen) atoms. The summed E-state index contributed by atoms with van der Waals surface area (Å²) in [5.74, 6) is 0.783. The molecule has 2 heterocycles. The van der Waals surface area contributed by atoms with E-state index in [0.29, 0.717) is 40.3 Å². The fraction of sp³-hybridized carbons (Fsp3) is 0.250. The van der Waals surface area contributed by atoms with Crippen LogP contribution in [0.1, 0.15) is 34.1 Å². The van der Waals surface area contributed by atoms with Crippen molar-refractivity contribution in [2.45, 2.75) is 27.7 Å². The zero-order valence-electron chi connectivity index (χ0n) is 22.0. The van der Waals surface area contributed by atoms with Gasteiger partial charge < -0.3 is 30.7 Å². The van der Waals surface area contributed by atoms with Crippen LogP contribution in [0.15, 0.2) is 47.4 Å². The molecule has 2 aromatic carbocycles. The summed E-state index contributed by atoms with van der Waals surface area (Å²) in [7, 11) is 1.68. The molecule has 10 heteroatoms. The molecule has 0 saturated heterocycles. The maximum atomic E-state index is 12.8. The van der Waals surface area contributed by atoms with Crippen LogP contribution in [0.4, 0.5) is 5.69 Å². The first-order valence-corrected chi connectivity index (χ1v) is 12.0. The van der Waals surface area contributed by atoms with Gasteiger partial charge in [0.1, 0.15) is 22.7 Å². The summed E-state index contributed by atoms with van der Waals surface area (Å²) in [6.07, 6.45) is 1.77. The Morgan fingerprint density at radius 3 is 2.37 bits per heavy atom. The van der Waals surface area contributed by atoms with Gasteiger partial charge in [0.15, 0.2) is 0 Å². The van der Waals surface area contributed by atoms with Crippen molar-refractivity contribution in [3.63, 3.8) is 0 Å². The number of benzene rings is 2. The van der Waals surface area contributed by atoms with Crippen LogP contribution in [-0.2, 0) is 11.8 Å². The smallest absolute Gasteiger partial charge is 0.274 e. The number of nitrogens with one attached hydrogen (secondary N) is 3. The van der Waals surface area contributed by atoms with Gasteiger partial charge in [0.2, 0.25) is 5.91 Å². The molecule has 4 rings (SSSR count). The molecule has 0 fully saturated rings. The Labute approximate surface area is 226 Å². The van der Waals surface area contributed by atoms with E-state index in [1.807, 2.05) is 58.0 Å². The van der Waals surface area contributed by atoms with Crippen LogP contribution < -0.4 is 26.7 Å². The Bertz CT molecular complexity index is 1570. The van der Waals surface area contributed by atoms with Gasteiger partial charge in [0.25, 0.3) is 11.5 Å². The number of anilines is 1. The predicted molar refractivity (Wildman–Crippen MR) is 153 cm³/mol. The average molecular weight is 538 g/mol. The third kappa shape index (κ3) is 5.74. The lowest BCUT2D eigenvalue weighted by molar-refractivity contribution is -0.114. The summed E-state index contributed by atoms with van der Waals surface area (Å²) < 4.78 is 7.83. The van der Waals surface area contributed by atoms with E-state index >= 15 is 0 Å². The highest BCUT2D eigenvalue weighted by molar-refractivity contribution is 6.02. The van der Waals surface area contributed by atoms with E-state index in [9.17, 15) is 14.4 Å². The summed E-state index contributed by atoms with van der Waals surface area (Å²) in [6, 6.07) is 11.2. The minimum absolute atomic E-state index is 0. The van der Waals surface area contributed by atoms with Gasteiger partial charge in [-0.15, -0.1) is 12.4 Å². The monoisotopic (exact) mass is 537 g/mol. The number of pyridine rings is 1. The molecule has 2 aromatic heterocycles. The summed E-state index contributed by atoms with van der Waals surface area (Å²) >= 11 is 0. The Morgan fingerprint density at radius 2 is 1.74 bits per heavy atom. The van der Waals surface area contributed by atoms with Gasteiger partial charge in [-0.25, -0.2) is 0 Å². The van der Waals surface area contributed by atoms with E-state index in [4.69, 9.17) is 10.5 Å². The molecule has 0 aliphatic carbocycles. The number of ether oxygens (including phenoxy) is 1. The molecule has 0 aliphatic heterocycles. The van der Waals surface area contributed by atoms with Crippen LogP contribution in [0.3, 0.4) is 0 Å². The normalized spacial score (nSPS) is 10.7. The lowest BCUT2D eigenvalue weighted by atomic mass is 10.0. The van der Waals surface area contributed by atoms with Crippen molar-refractivity contribution in [3.05, 3.63) is 75.3 Å². The lowest BCUT2D eigenvalue weighted by Gasteiger charge is -2.16. The molecule has 0 saturated carbocycles.